The molecule has 1 N–H and O–H groups in total. The zero-order valence-electron chi connectivity index (χ0n) is 8.59. The summed E-state index contributed by atoms with van der Waals surface area (Å²) in [5.74, 6) is 0. The molecule has 0 fully saturated rings. The SMILES string of the molecule is CC(O)CN(Cc1ccccc1)C(=O)[O-]. The highest BCUT2D eigenvalue weighted by molar-refractivity contribution is 5.62. The van der Waals surface area contributed by atoms with Crippen molar-refractivity contribution in [2.75, 3.05) is 6.54 Å². The lowest BCUT2D eigenvalue weighted by molar-refractivity contribution is -0.267. The van der Waals surface area contributed by atoms with Gasteiger partial charge < -0.3 is 19.9 Å². The number of benzene rings is 1. The van der Waals surface area contributed by atoms with Crippen LogP contribution in [0.2, 0.25) is 0 Å². The number of carboxylic acid groups (broad SMARTS) is 1. The molecule has 0 aliphatic carbocycles. The van der Waals surface area contributed by atoms with E-state index in [0.29, 0.717) is 0 Å². The lowest BCUT2D eigenvalue weighted by atomic mass is 10.2. The minimum Gasteiger partial charge on any atom is -0.530 e. The van der Waals surface area contributed by atoms with Crippen LogP contribution in [-0.2, 0) is 6.54 Å². The van der Waals surface area contributed by atoms with Gasteiger partial charge in [-0.15, -0.1) is 0 Å². The fourth-order valence-corrected chi connectivity index (χ4v) is 1.33. The summed E-state index contributed by atoms with van der Waals surface area (Å²) < 4.78 is 0. The zero-order chi connectivity index (χ0) is 11.3. The molecular formula is C11H14NO3-. The van der Waals surface area contributed by atoms with Crippen molar-refractivity contribution in [3.05, 3.63) is 35.9 Å². The second-order valence-corrected chi connectivity index (χ2v) is 3.48. The van der Waals surface area contributed by atoms with Gasteiger partial charge >= 0.3 is 0 Å². The first-order valence-electron chi connectivity index (χ1n) is 4.77. The Balaban J connectivity index is 2.63. The molecule has 0 aliphatic heterocycles. The summed E-state index contributed by atoms with van der Waals surface area (Å²) in [5.41, 5.74) is 0.877. The van der Waals surface area contributed by atoms with Crippen LogP contribution in [0, 0.1) is 0 Å². The third-order valence-corrected chi connectivity index (χ3v) is 1.96. The summed E-state index contributed by atoms with van der Waals surface area (Å²) in [4.78, 5) is 11.8. The van der Waals surface area contributed by atoms with Crippen LogP contribution in [0.5, 0.6) is 0 Å². The Labute approximate surface area is 88.8 Å². The van der Waals surface area contributed by atoms with Gasteiger partial charge in [0.2, 0.25) is 0 Å². The monoisotopic (exact) mass is 208 g/mol. The Bertz CT molecular complexity index is 311. The van der Waals surface area contributed by atoms with Gasteiger partial charge in [0.05, 0.1) is 6.10 Å². The molecule has 1 atom stereocenters. The molecule has 4 nitrogen and oxygen atoms in total. The van der Waals surface area contributed by atoms with Crippen LogP contribution in [0.4, 0.5) is 4.79 Å². The van der Waals surface area contributed by atoms with Crippen molar-refractivity contribution < 1.29 is 15.0 Å². The summed E-state index contributed by atoms with van der Waals surface area (Å²) in [7, 11) is 0. The number of amides is 1. The first kappa shape index (κ1) is 11.5. The molecule has 0 saturated heterocycles. The van der Waals surface area contributed by atoms with E-state index < -0.39 is 12.2 Å². The summed E-state index contributed by atoms with van der Waals surface area (Å²) >= 11 is 0. The van der Waals surface area contributed by atoms with Crippen LogP contribution < -0.4 is 5.11 Å². The van der Waals surface area contributed by atoms with Crippen molar-refractivity contribution in [1.29, 1.82) is 0 Å². The van der Waals surface area contributed by atoms with Gasteiger partial charge in [-0.25, -0.2) is 0 Å². The molecule has 1 rings (SSSR count). The minimum absolute atomic E-state index is 0.0667. The van der Waals surface area contributed by atoms with Gasteiger partial charge in [-0.1, -0.05) is 30.3 Å². The van der Waals surface area contributed by atoms with E-state index in [1.54, 1.807) is 6.92 Å². The van der Waals surface area contributed by atoms with E-state index in [0.717, 1.165) is 10.5 Å². The minimum atomic E-state index is -1.26. The number of carbonyl (C=O) groups excluding carboxylic acids is 1. The number of aliphatic hydroxyl groups is 1. The van der Waals surface area contributed by atoms with Gasteiger partial charge in [0.25, 0.3) is 0 Å². The Morgan fingerprint density at radius 1 is 1.47 bits per heavy atom. The quantitative estimate of drug-likeness (QED) is 0.769. The molecule has 0 radical (unpaired) electrons. The van der Waals surface area contributed by atoms with E-state index in [1.807, 2.05) is 30.3 Å². The van der Waals surface area contributed by atoms with E-state index in [-0.39, 0.29) is 13.1 Å². The van der Waals surface area contributed by atoms with Crippen LogP contribution in [0.25, 0.3) is 0 Å². The fraction of sp³-hybridized carbons (Fsp3) is 0.364. The molecule has 15 heavy (non-hydrogen) atoms. The highest BCUT2D eigenvalue weighted by atomic mass is 16.4. The maximum Gasteiger partial charge on any atom is 0.137 e. The molecular weight excluding hydrogens is 194 g/mol. The third kappa shape index (κ3) is 3.99. The second-order valence-electron chi connectivity index (χ2n) is 3.48. The largest absolute Gasteiger partial charge is 0.530 e. The Hall–Kier alpha value is -1.55. The standard InChI is InChI=1S/C11H15NO3/c1-9(13)7-12(11(14)15)8-10-5-3-2-4-6-10/h2-6,9,13H,7-8H2,1H3,(H,14,15)/p-1. The van der Waals surface area contributed by atoms with Crippen molar-refractivity contribution in [3.8, 4) is 0 Å². The Kier molecular flexibility index (Phi) is 4.12. The molecule has 0 saturated carbocycles. The van der Waals surface area contributed by atoms with Gasteiger partial charge in [-0.05, 0) is 12.5 Å². The highest BCUT2D eigenvalue weighted by Gasteiger charge is 2.08. The predicted octanol–water partition coefficient (Wildman–Crippen LogP) is 0.213. The normalized spacial score (nSPS) is 12.1. The topological polar surface area (TPSA) is 63.6 Å². The Morgan fingerprint density at radius 3 is 2.53 bits per heavy atom. The molecule has 0 aliphatic rings. The molecule has 1 amide bonds. The second kappa shape index (κ2) is 5.36. The number of carbonyl (C=O) groups is 1. The first-order chi connectivity index (χ1) is 7.09. The van der Waals surface area contributed by atoms with Crippen LogP contribution in [0.3, 0.4) is 0 Å². The van der Waals surface area contributed by atoms with Crippen LogP contribution >= 0.6 is 0 Å². The van der Waals surface area contributed by atoms with Crippen molar-refractivity contribution in [3.63, 3.8) is 0 Å². The Morgan fingerprint density at radius 2 is 2.07 bits per heavy atom. The van der Waals surface area contributed by atoms with Crippen LogP contribution in [-0.4, -0.2) is 28.7 Å². The van der Waals surface area contributed by atoms with E-state index in [4.69, 9.17) is 5.11 Å². The van der Waals surface area contributed by atoms with Crippen molar-refractivity contribution in [1.82, 2.24) is 4.90 Å². The van der Waals surface area contributed by atoms with Gasteiger partial charge in [0.1, 0.15) is 6.09 Å². The number of rotatable bonds is 4. The van der Waals surface area contributed by atoms with E-state index in [2.05, 4.69) is 0 Å². The summed E-state index contributed by atoms with van der Waals surface area (Å²) in [6.07, 6.45) is -1.95. The first-order valence-corrected chi connectivity index (χ1v) is 4.77. The summed E-state index contributed by atoms with van der Waals surface area (Å²) in [6, 6.07) is 9.20. The average Bonchev–Trinajstić information content (AvgIpc) is 2.17. The molecule has 1 aromatic carbocycles. The van der Waals surface area contributed by atoms with Gasteiger partial charge in [-0.2, -0.15) is 0 Å². The molecule has 82 valence electrons. The van der Waals surface area contributed by atoms with E-state index in [9.17, 15) is 9.90 Å². The van der Waals surface area contributed by atoms with Crippen molar-refractivity contribution in [2.45, 2.75) is 19.6 Å². The molecule has 0 aromatic heterocycles. The van der Waals surface area contributed by atoms with E-state index in [1.165, 1.54) is 0 Å². The van der Waals surface area contributed by atoms with Crippen molar-refractivity contribution >= 4 is 6.09 Å². The molecule has 1 unspecified atom stereocenters. The number of aliphatic hydroxyl groups excluding tert-OH is 1. The average molecular weight is 208 g/mol. The number of hydrogen-bond donors (Lipinski definition) is 1. The highest BCUT2D eigenvalue weighted by Crippen LogP contribution is 2.04. The molecule has 0 bridgehead atoms. The molecule has 0 heterocycles. The smallest absolute Gasteiger partial charge is 0.137 e. The van der Waals surface area contributed by atoms with E-state index >= 15 is 0 Å². The number of nitrogens with zero attached hydrogens (tertiary/aromatic N) is 1. The lowest BCUT2D eigenvalue weighted by Gasteiger charge is -2.26. The fourth-order valence-electron chi connectivity index (χ4n) is 1.33. The zero-order valence-corrected chi connectivity index (χ0v) is 8.59. The van der Waals surface area contributed by atoms with Crippen molar-refractivity contribution in [2.24, 2.45) is 0 Å². The summed E-state index contributed by atoms with van der Waals surface area (Å²) in [5, 5.41) is 19.9. The van der Waals surface area contributed by atoms with Crippen LogP contribution in [0.15, 0.2) is 30.3 Å². The summed E-state index contributed by atoms with van der Waals surface area (Å²) in [6.45, 7) is 1.85. The molecule has 4 heteroatoms. The predicted molar refractivity (Wildman–Crippen MR) is 53.9 cm³/mol. The molecule has 1 aromatic rings. The van der Waals surface area contributed by atoms with Crippen LogP contribution in [0.1, 0.15) is 12.5 Å². The van der Waals surface area contributed by atoms with Gasteiger partial charge in [-0.3, -0.25) is 0 Å². The maximum atomic E-state index is 10.7. The molecule has 0 spiro atoms. The van der Waals surface area contributed by atoms with Gasteiger partial charge in [0.15, 0.2) is 0 Å². The lowest BCUT2D eigenvalue weighted by Crippen LogP contribution is -2.43. The number of hydrogen-bond acceptors (Lipinski definition) is 3. The maximum absolute atomic E-state index is 10.7. The third-order valence-electron chi connectivity index (χ3n) is 1.96. The van der Waals surface area contributed by atoms with Gasteiger partial charge in [0, 0.05) is 13.1 Å².